The molecule has 1 aliphatic heterocycles. The summed E-state index contributed by atoms with van der Waals surface area (Å²) in [4.78, 5) is 22.6. The summed E-state index contributed by atoms with van der Waals surface area (Å²) >= 11 is 5.97. The molecule has 1 saturated heterocycles. The number of carboxylic acid groups (broad SMARTS) is 2. The SMILES string of the molecule is O=C(O)c1c(Cl)cccc1OC1CCC2CNC(C(=O)O)CC2C1. The maximum atomic E-state index is 11.4. The number of aromatic carboxylic acids is 1. The third kappa shape index (κ3) is 3.49. The summed E-state index contributed by atoms with van der Waals surface area (Å²) in [5.74, 6) is -0.920. The van der Waals surface area contributed by atoms with Crippen molar-refractivity contribution < 1.29 is 24.5 Å². The van der Waals surface area contributed by atoms with E-state index in [1.165, 1.54) is 6.07 Å². The molecule has 1 heterocycles. The second kappa shape index (κ2) is 6.99. The molecule has 2 aliphatic rings. The largest absolute Gasteiger partial charge is 0.489 e. The van der Waals surface area contributed by atoms with Crippen LogP contribution in [0.1, 0.15) is 36.0 Å². The zero-order chi connectivity index (χ0) is 17.3. The lowest BCUT2D eigenvalue weighted by molar-refractivity contribution is -0.141. The number of aliphatic carboxylic acids is 1. The Kier molecular flexibility index (Phi) is 4.96. The Morgan fingerprint density at radius 2 is 1.96 bits per heavy atom. The maximum Gasteiger partial charge on any atom is 0.341 e. The molecule has 1 aromatic carbocycles. The zero-order valence-corrected chi connectivity index (χ0v) is 13.8. The highest BCUT2D eigenvalue weighted by molar-refractivity contribution is 6.33. The molecule has 130 valence electrons. The predicted octanol–water partition coefficient (Wildman–Crippen LogP) is 2.65. The summed E-state index contributed by atoms with van der Waals surface area (Å²) in [5, 5.41) is 21.7. The van der Waals surface area contributed by atoms with E-state index in [-0.39, 0.29) is 28.4 Å². The van der Waals surface area contributed by atoms with Crippen LogP contribution in [0.3, 0.4) is 0 Å². The van der Waals surface area contributed by atoms with E-state index < -0.39 is 18.0 Å². The fourth-order valence-electron chi connectivity index (χ4n) is 3.81. The predicted molar refractivity (Wildman–Crippen MR) is 87.7 cm³/mol. The highest BCUT2D eigenvalue weighted by Gasteiger charge is 2.38. The van der Waals surface area contributed by atoms with Gasteiger partial charge in [-0.05, 0) is 56.2 Å². The summed E-state index contributed by atoms with van der Waals surface area (Å²) in [7, 11) is 0. The molecule has 4 unspecified atom stereocenters. The summed E-state index contributed by atoms with van der Waals surface area (Å²) in [5.41, 5.74) is -0.0185. The van der Waals surface area contributed by atoms with Crippen LogP contribution in [0.15, 0.2) is 18.2 Å². The third-order valence-corrected chi connectivity index (χ3v) is 5.35. The number of benzene rings is 1. The first-order valence-electron chi connectivity index (χ1n) is 8.10. The van der Waals surface area contributed by atoms with E-state index >= 15 is 0 Å². The molecule has 0 bridgehead atoms. The van der Waals surface area contributed by atoms with E-state index in [0.29, 0.717) is 18.9 Å². The summed E-state index contributed by atoms with van der Waals surface area (Å²) < 4.78 is 5.94. The minimum absolute atomic E-state index is 0.0185. The van der Waals surface area contributed by atoms with E-state index in [9.17, 15) is 19.8 Å². The van der Waals surface area contributed by atoms with Crippen LogP contribution in [0.25, 0.3) is 0 Å². The van der Waals surface area contributed by atoms with Gasteiger partial charge < -0.3 is 20.3 Å². The number of hydrogen-bond acceptors (Lipinski definition) is 4. The Bertz CT molecular complexity index is 650. The molecular formula is C17H20ClNO5. The highest BCUT2D eigenvalue weighted by Crippen LogP contribution is 2.38. The average molecular weight is 354 g/mol. The number of rotatable bonds is 4. The van der Waals surface area contributed by atoms with Gasteiger partial charge in [-0.15, -0.1) is 0 Å². The summed E-state index contributed by atoms with van der Waals surface area (Å²) in [6, 6.07) is 4.30. The number of fused-ring (bicyclic) bond motifs is 1. The molecule has 0 radical (unpaired) electrons. The topological polar surface area (TPSA) is 95.9 Å². The van der Waals surface area contributed by atoms with E-state index in [4.69, 9.17) is 16.3 Å². The van der Waals surface area contributed by atoms with Crippen LogP contribution >= 0.6 is 11.6 Å². The molecule has 0 spiro atoms. The van der Waals surface area contributed by atoms with Gasteiger partial charge in [0.2, 0.25) is 0 Å². The Labute approximate surface area is 144 Å². The summed E-state index contributed by atoms with van der Waals surface area (Å²) in [6.07, 6.45) is 2.97. The van der Waals surface area contributed by atoms with Crippen molar-refractivity contribution in [1.82, 2.24) is 5.32 Å². The molecule has 4 atom stereocenters. The first-order valence-corrected chi connectivity index (χ1v) is 8.48. The molecule has 1 saturated carbocycles. The fourth-order valence-corrected chi connectivity index (χ4v) is 4.05. The van der Waals surface area contributed by atoms with Gasteiger partial charge in [0.15, 0.2) is 0 Å². The standard InChI is InChI=1S/C17H20ClNO5/c18-12-2-1-3-14(15(12)17(22)23)24-11-5-4-9-8-19-13(16(20)21)7-10(9)6-11/h1-3,9-11,13,19H,4-8H2,(H,20,21)(H,22,23). The van der Waals surface area contributed by atoms with Gasteiger partial charge in [0.05, 0.1) is 11.1 Å². The van der Waals surface area contributed by atoms with Crippen LogP contribution in [0.5, 0.6) is 5.75 Å². The van der Waals surface area contributed by atoms with Crippen LogP contribution in [-0.2, 0) is 4.79 Å². The number of hydrogen-bond donors (Lipinski definition) is 3. The minimum Gasteiger partial charge on any atom is -0.489 e. The molecule has 3 N–H and O–H groups in total. The normalized spacial score (nSPS) is 29.5. The van der Waals surface area contributed by atoms with Crippen molar-refractivity contribution in [2.24, 2.45) is 11.8 Å². The van der Waals surface area contributed by atoms with Crippen LogP contribution in [0.2, 0.25) is 5.02 Å². The second-order valence-corrected chi connectivity index (χ2v) is 6.93. The van der Waals surface area contributed by atoms with Gasteiger partial charge in [-0.25, -0.2) is 4.79 Å². The lowest BCUT2D eigenvalue weighted by atomic mass is 9.72. The van der Waals surface area contributed by atoms with E-state index in [1.807, 2.05) is 0 Å². The van der Waals surface area contributed by atoms with Crippen molar-refractivity contribution in [3.05, 3.63) is 28.8 Å². The Balaban J connectivity index is 1.70. The van der Waals surface area contributed by atoms with E-state index in [2.05, 4.69) is 5.32 Å². The second-order valence-electron chi connectivity index (χ2n) is 6.53. The smallest absolute Gasteiger partial charge is 0.341 e. The molecule has 6 nitrogen and oxygen atoms in total. The summed E-state index contributed by atoms with van der Waals surface area (Å²) in [6.45, 7) is 0.714. The molecule has 0 amide bonds. The van der Waals surface area contributed by atoms with Crippen LogP contribution in [0.4, 0.5) is 0 Å². The fraction of sp³-hybridized carbons (Fsp3) is 0.529. The zero-order valence-electron chi connectivity index (χ0n) is 13.1. The van der Waals surface area contributed by atoms with E-state index in [1.54, 1.807) is 12.1 Å². The van der Waals surface area contributed by atoms with Gasteiger partial charge in [-0.2, -0.15) is 0 Å². The molecule has 24 heavy (non-hydrogen) atoms. The minimum atomic E-state index is -1.11. The Morgan fingerprint density at radius 1 is 1.17 bits per heavy atom. The van der Waals surface area contributed by atoms with Crippen molar-refractivity contribution in [3.8, 4) is 5.75 Å². The van der Waals surface area contributed by atoms with Crippen LogP contribution < -0.4 is 10.1 Å². The first kappa shape index (κ1) is 17.0. The first-order chi connectivity index (χ1) is 11.5. The van der Waals surface area contributed by atoms with Crippen molar-refractivity contribution in [2.45, 2.75) is 37.8 Å². The van der Waals surface area contributed by atoms with Crippen molar-refractivity contribution >= 4 is 23.5 Å². The van der Waals surface area contributed by atoms with Gasteiger partial charge in [-0.1, -0.05) is 17.7 Å². The molecule has 1 aromatic rings. The third-order valence-electron chi connectivity index (χ3n) is 5.04. The quantitative estimate of drug-likeness (QED) is 0.770. The molecule has 0 aromatic heterocycles. The van der Waals surface area contributed by atoms with Crippen molar-refractivity contribution in [2.75, 3.05) is 6.54 Å². The Morgan fingerprint density at radius 3 is 2.67 bits per heavy atom. The lowest BCUT2D eigenvalue weighted by Crippen LogP contribution is -2.50. The van der Waals surface area contributed by atoms with Crippen molar-refractivity contribution in [1.29, 1.82) is 0 Å². The maximum absolute atomic E-state index is 11.4. The number of nitrogens with one attached hydrogen (secondary N) is 1. The molecular weight excluding hydrogens is 334 g/mol. The number of halogens is 1. The molecule has 7 heteroatoms. The Hall–Kier alpha value is -1.79. The average Bonchev–Trinajstić information content (AvgIpc) is 2.53. The monoisotopic (exact) mass is 353 g/mol. The van der Waals surface area contributed by atoms with Gasteiger partial charge in [-0.3, -0.25) is 4.79 Å². The molecule has 2 fully saturated rings. The lowest BCUT2D eigenvalue weighted by Gasteiger charge is -2.41. The van der Waals surface area contributed by atoms with Gasteiger partial charge >= 0.3 is 11.9 Å². The number of ether oxygens (including phenoxy) is 1. The van der Waals surface area contributed by atoms with Gasteiger partial charge in [0.25, 0.3) is 0 Å². The van der Waals surface area contributed by atoms with Crippen LogP contribution in [0, 0.1) is 11.8 Å². The highest BCUT2D eigenvalue weighted by atomic mass is 35.5. The van der Waals surface area contributed by atoms with Crippen LogP contribution in [-0.4, -0.2) is 40.8 Å². The van der Waals surface area contributed by atoms with Gasteiger partial charge in [0, 0.05) is 0 Å². The molecule has 1 aliphatic carbocycles. The number of piperidine rings is 1. The molecule has 3 rings (SSSR count). The number of carbonyl (C=O) groups is 2. The van der Waals surface area contributed by atoms with Gasteiger partial charge in [0.1, 0.15) is 17.4 Å². The van der Waals surface area contributed by atoms with Crippen molar-refractivity contribution in [3.63, 3.8) is 0 Å². The number of carboxylic acids is 2. The van der Waals surface area contributed by atoms with E-state index in [0.717, 1.165) is 19.3 Å².